The monoisotopic (exact) mass is 359 g/mol. The van der Waals surface area contributed by atoms with Crippen molar-refractivity contribution in [3.8, 4) is 0 Å². The first kappa shape index (κ1) is 17.6. The van der Waals surface area contributed by atoms with Crippen LogP contribution in [-0.4, -0.2) is 66.8 Å². The lowest BCUT2D eigenvalue weighted by atomic mass is 10.3. The first-order valence-corrected chi connectivity index (χ1v) is 7.46. The Labute approximate surface area is 133 Å². The van der Waals surface area contributed by atoms with Gasteiger partial charge in [0.2, 0.25) is 5.91 Å². The molecule has 21 heavy (non-hydrogen) atoms. The molecule has 0 aliphatic rings. The van der Waals surface area contributed by atoms with E-state index in [4.69, 9.17) is 0 Å². The fourth-order valence-electron chi connectivity index (χ4n) is 1.57. The third-order valence-corrected chi connectivity index (χ3v) is 3.66. The Hall–Kier alpha value is -1.41. The topological polar surface area (TPSA) is 70.5 Å². The SMILES string of the molecule is CN(C)CCn1ncc(NCCC(=O)N(C)C)c(Br)c1=O. The summed E-state index contributed by atoms with van der Waals surface area (Å²) in [5, 5.41) is 7.18. The normalized spacial score (nSPS) is 10.8. The number of anilines is 1. The minimum absolute atomic E-state index is 0.0332. The van der Waals surface area contributed by atoms with Gasteiger partial charge < -0.3 is 15.1 Å². The molecule has 0 aliphatic carbocycles. The van der Waals surface area contributed by atoms with Gasteiger partial charge in [-0.05, 0) is 30.0 Å². The molecule has 1 amide bonds. The molecular formula is C13H22BrN5O2. The summed E-state index contributed by atoms with van der Waals surface area (Å²) in [6.45, 7) is 1.73. The van der Waals surface area contributed by atoms with Crippen LogP contribution in [-0.2, 0) is 11.3 Å². The largest absolute Gasteiger partial charge is 0.382 e. The van der Waals surface area contributed by atoms with Gasteiger partial charge in [0, 0.05) is 33.6 Å². The minimum Gasteiger partial charge on any atom is -0.382 e. The Morgan fingerprint density at radius 1 is 1.38 bits per heavy atom. The molecule has 118 valence electrons. The number of amides is 1. The third-order valence-electron chi connectivity index (χ3n) is 2.90. The summed E-state index contributed by atoms with van der Waals surface area (Å²) < 4.78 is 1.86. The number of carbonyl (C=O) groups excluding carboxylic acids is 1. The lowest BCUT2D eigenvalue weighted by molar-refractivity contribution is -0.128. The quantitative estimate of drug-likeness (QED) is 0.765. The average Bonchev–Trinajstić information content (AvgIpc) is 2.42. The lowest BCUT2D eigenvalue weighted by Crippen LogP contribution is -2.29. The van der Waals surface area contributed by atoms with Crippen molar-refractivity contribution < 1.29 is 4.79 Å². The molecule has 0 spiro atoms. The van der Waals surface area contributed by atoms with E-state index < -0.39 is 0 Å². The zero-order chi connectivity index (χ0) is 16.0. The van der Waals surface area contributed by atoms with Gasteiger partial charge in [-0.15, -0.1) is 0 Å². The molecule has 0 saturated heterocycles. The molecule has 0 aromatic carbocycles. The van der Waals surface area contributed by atoms with Gasteiger partial charge in [-0.3, -0.25) is 9.59 Å². The zero-order valence-electron chi connectivity index (χ0n) is 12.9. The predicted molar refractivity (Wildman–Crippen MR) is 86.6 cm³/mol. The fraction of sp³-hybridized carbons (Fsp3) is 0.615. The van der Waals surface area contributed by atoms with Crippen LogP contribution in [0.25, 0.3) is 0 Å². The summed E-state index contributed by atoms with van der Waals surface area (Å²) in [5.41, 5.74) is 0.424. The van der Waals surface area contributed by atoms with E-state index in [0.717, 1.165) is 6.54 Å². The number of hydrogen-bond acceptors (Lipinski definition) is 5. The van der Waals surface area contributed by atoms with Crippen molar-refractivity contribution in [1.82, 2.24) is 19.6 Å². The van der Waals surface area contributed by atoms with Crippen molar-refractivity contribution >= 4 is 27.5 Å². The Kier molecular flexibility index (Phi) is 6.83. The van der Waals surface area contributed by atoms with Crippen molar-refractivity contribution in [3.63, 3.8) is 0 Å². The molecule has 0 bridgehead atoms. The number of nitrogens with one attached hydrogen (secondary N) is 1. The van der Waals surface area contributed by atoms with Crippen LogP contribution in [0.2, 0.25) is 0 Å². The second kappa shape index (κ2) is 8.14. The predicted octanol–water partition coefficient (Wildman–Crippen LogP) is 0.458. The van der Waals surface area contributed by atoms with Crippen LogP contribution in [0.4, 0.5) is 5.69 Å². The van der Waals surface area contributed by atoms with Crippen molar-refractivity contribution in [2.75, 3.05) is 46.6 Å². The van der Waals surface area contributed by atoms with Crippen LogP contribution in [0, 0.1) is 0 Å². The maximum absolute atomic E-state index is 12.1. The Bertz CT molecular complexity index is 542. The van der Waals surface area contributed by atoms with Gasteiger partial charge in [-0.2, -0.15) is 5.10 Å². The van der Waals surface area contributed by atoms with E-state index in [1.807, 2.05) is 19.0 Å². The smallest absolute Gasteiger partial charge is 0.283 e. The van der Waals surface area contributed by atoms with Crippen LogP contribution in [0.3, 0.4) is 0 Å². The molecule has 0 aliphatic heterocycles. The summed E-state index contributed by atoms with van der Waals surface area (Å²) in [5.74, 6) is 0.0332. The highest BCUT2D eigenvalue weighted by Gasteiger charge is 2.10. The first-order chi connectivity index (χ1) is 9.82. The lowest BCUT2D eigenvalue weighted by Gasteiger charge is -2.13. The molecule has 1 aromatic heterocycles. The Balaban J connectivity index is 2.67. The molecule has 1 aromatic rings. The highest BCUT2D eigenvalue weighted by atomic mass is 79.9. The molecule has 8 heteroatoms. The van der Waals surface area contributed by atoms with Gasteiger partial charge in [-0.25, -0.2) is 4.68 Å². The van der Waals surface area contributed by atoms with Gasteiger partial charge in [0.15, 0.2) is 0 Å². The molecule has 1 N–H and O–H groups in total. The Morgan fingerprint density at radius 3 is 2.62 bits per heavy atom. The molecule has 0 unspecified atom stereocenters. The highest BCUT2D eigenvalue weighted by molar-refractivity contribution is 9.10. The van der Waals surface area contributed by atoms with Gasteiger partial charge in [-0.1, -0.05) is 0 Å². The molecule has 0 saturated carbocycles. The number of aromatic nitrogens is 2. The number of likely N-dealkylation sites (N-methyl/N-ethyl adjacent to an activating group) is 1. The molecule has 0 fully saturated rings. The van der Waals surface area contributed by atoms with E-state index >= 15 is 0 Å². The van der Waals surface area contributed by atoms with Crippen LogP contribution >= 0.6 is 15.9 Å². The second-order valence-electron chi connectivity index (χ2n) is 5.17. The summed E-state index contributed by atoms with van der Waals surface area (Å²) >= 11 is 3.29. The van der Waals surface area contributed by atoms with E-state index in [1.165, 1.54) is 9.58 Å². The molecule has 0 radical (unpaired) electrons. The minimum atomic E-state index is -0.180. The van der Waals surface area contributed by atoms with Crippen LogP contribution in [0.15, 0.2) is 15.5 Å². The fourth-order valence-corrected chi connectivity index (χ4v) is 2.02. The zero-order valence-corrected chi connectivity index (χ0v) is 14.5. The summed E-state index contributed by atoms with van der Waals surface area (Å²) in [6, 6.07) is 0. The van der Waals surface area contributed by atoms with E-state index in [9.17, 15) is 9.59 Å². The third kappa shape index (κ3) is 5.47. The summed E-state index contributed by atoms with van der Waals surface area (Å²) in [7, 11) is 7.31. The molecular weight excluding hydrogens is 338 g/mol. The molecule has 7 nitrogen and oxygen atoms in total. The van der Waals surface area contributed by atoms with E-state index in [1.54, 1.807) is 20.3 Å². The number of halogens is 1. The van der Waals surface area contributed by atoms with Gasteiger partial charge >= 0.3 is 0 Å². The van der Waals surface area contributed by atoms with Crippen LogP contribution in [0.5, 0.6) is 0 Å². The second-order valence-corrected chi connectivity index (χ2v) is 5.96. The number of nitrogens with zero attached hydrogens (tertiary/aromatic N) is 4. The van der Waals surface area contributed by atoms with Gasteiger partial charge in [0.05, 0.1) is 18.4 Å². The number of hydrogen-bond donors (Lipinski definition) is 1. The van der Waals surface area contributed by atoms with Crippen molar-refractivity contribution in [2.45, 2.75) is 13.0 Å². The van der Waals surface area contributed by atoms with Crippen molar-refractivity contribution in [3.05, 3.63) is 21.0 Å². The van der Waals surface area contributed by atoms with Crippen LogP contribution in [0.1, 0.15) is 6.42 Å². The standard InChI is InChI=1S/C13H22BrN5O2/c1-17(2)7-8-19-13(21)12(14)10(9-16-19)15-6-5-11(20)18(3)4/h9,15H,5-8H2,1-4H3. The molecule has 0 atom stereocenters. The average molecular weight is 360 g/mol. The van der Waals surface area contributed by atoms with E-state index in [-0.39, 0.29) is 11.5 Å². The van der Waals surface area contributed by atoms with Gasteiger partial charge in [0.1, 0.15) is 4.47 Å². The summed E-state index contributed by atoms with van der Waals surface area (Å²) in [4.78, 5) is 27.1. The first-order valence-electron chi connectivity index (χ1n) is 6.67. The number of rotatable bonds is 7. The van der Waals surface area contributed by atoms with E-state index in [2.05, 4.69) is 26.3 Å². The van der Waals surface area contributed by atoms with Crippen molar-refractivity contribution in [1.29, 1.82) is 0 Å². The maximum Gasteiger partial charge on any atom is 0.283 e. The maximum atomic E-state index is 12.1. The summed E-state index contributed by atoms with van der Waals surface area (Å²) in [6.07, 6.45) is 1.96. The Morgan fingerprint density at radius 2 is 2.05 bits per heavy atom. The molecule has 1 heterocycles. The van der Waals surface area contributed by atoms with Crippen LogP contribution < -0.4 is 10.9 Å². The van der Waals surface area contributed by atoms with Gasteiger partial charge in [0.25, 0.3) is 5.56 Å². The molecule has 1 rings (SSSR count). The van der Waals surface area contributed by atoms with Crippen molar-refractivity contribution in [2.24, 2.45) is 0 Å². The highest BCUT2D eigenvalue weighted by Crippen LogP contribution is 2.15. The van der Waals surface area contributed by atoms with E-state index in [0.29, 0.717) is 29.7 Å². The number of carbonyl (C=O) groups is 1.